The minimum Gasteiger partial charge on any atom is -0.493 e. The van der Waals surface area contributed by atoms with Crippen LogP contribution in [0.15, 0.2) is 70.3 Å². The van der Waals surface area contributed by atoms with Gasteiger partial charge in [-0.3, -0.25) is 19.2 Å². The van der Waals surface area contributed by atoms with Crippen molar-refractivity contribution >= 4 is 35.4 Å². The monoisotopic (exact) mass is 750 g/mol. The predicted octanol–water partition coefficient (Wildman–Crippen LogP) is 5.75. The Labute approximate surface area is 321 Å². The molecule has 0 saturated heterocycles. The first-order valence-corrected chi connectivity index (χ1v) is 18.3. The number of amides is 2. The zero-order chi connectivity index (χ0) is 39.8. The molecule has 0 radical (unpaired) electrons. The number of rotatable bonds is 14. The van der Waals surface area contributed by atoms with Crippen LogP contribution in [-0.2, 0) is 9.59 Å². The van der Waals surface area contributed by atoms with E-state index in [4.69, 9.17) is 24.7 Å². The van der Waals surface area contributed by atoms with Crippen molar-refractivity contribution in [1.82, 2.24) is 14.5 Å². The third kappa shape index (κ3) is 10.6. The lowest BCUT2D eigenvalue weighted by Gasteiger charge is -2.15. The number of methoxy groups -OCH3 is 2. The molecule has 0 spiro atoms. The molecule has 2 heterocycles. The summed E-state index contributed by atoms with van der Waals surface area (Å²) in [5.41, 5.74) is 10.6. The quantitative estimate of drug-likeness (QED) is 0.155. The average Bonchev–Trinajstić information content (AvgIpc) is 4.09. The molecule has 12 nitrogen and oxygen atoms in total. The molecule has 0 bridgehead atoms. The first-order valence-electron chi connectivity index (χ1n) is 18.3. The minimum absolute atomic E-state index is 0.0543. The van der Waals surface area contributed by atoms with Gasteiger partial charge in [-0.1, -0.05) is 12.1 Å². The fourth-order valence-corrected chi connectivity index (χ4v) is 5.98. The van der Waals surface area contributed by atoms with Crippen molar-refractivity contribution < 1.29 is 28.5 Å². The van der Waals surface area contributed by atoms with Gasteiger partial charge in [-0.2, -0.15) is 0 Å². The van der Waals surface area contributed by atoms with Gasteiger partial charge in [0.2, 0.25) is 0 Å². The summed E-state index contributed by atoms with van der Waals surface area (Å²) in [6.45, 7) is 8.57. The Morgan fingerprint density at radius 3 is 1.38 bits per heavy atom. The van der Waals surface area contributed by atoms with E-state index in [9.17, 15) is 19.2 Å². The number of pyridine rings is 2. The molecule has 3 N–H and O–H groups in total. The van der Waals surface area contributed by atoms with Crippen LogP contribution in [0.2, 0.25) is 0 Å². The highest BCUT2D eigenvalue weighted by Crippen LogP contribution is 2.36. The highest BCUT2D eigenvalue weighted by atomic mass is 16.5. The molecule has 2 amide bonds. The second-order valence-corrected chi connectivity index (χ2v) is 14.0. The Kier molecular flexibility index (Phi) is 13.0. The lowest BCUT2D eigenvalue weighted by molar-refractivity contribution is -0.115. The van der Waals surface area contributed by atoms with Crippen LogP contribution in [0.4, 0.5) is 0 Å². The number of primary amides is 1. The number of nitrogens with two attached hydrogens (primary N) is 1. The van der Waals surface area contributed by atoms with E-state index in [0.717, 1.165) is 22.8 Å². The normalized spacial score (nSPS) is 14.0. The van der Waals surface area contributed by atoms with Crippen molar-refractivity contribution in [3.8, 4) is 23.0 Å². The third-order valence-electron chi connectivity index (χ3n) is 9.47. The van der Waals surface area contributed by atoms with Gasteiger partial charge in [0, 0.05) is 66.5 Å². The first-order chi connectivity index (χ1) is 26.3. The Morgan fingerprint density at radius 1 is 0.655 bits per heavy atom. The van der Waals surface area contributed by atoms with Crippen LogP contribution >= 0.6 is 0 Å². The van der Waals surface area contributed by atoms with Crippen LogP contribution in [0.5, 0.6) is 23.0 Å². The van der Waals surface area contributed by atoms with Crippen molar-refractivity contribution in [3.05, 3.63) is 115 Å². The third-order valence-corrected chi connectivity index (χ3v) is 9.47. The van der Waals surface area contributed by atoms with E-state index in [1.54, 1.807) is 74.6 Å². The summed E-state index contributed by atoms with van der Waals surface area (Å²) < 4.78 is 26.2. The van der Waals surface area contributed by atoms with E-state index < -0.39 is 5.91 Å². The van der Waals surface area contributed by atoms with Crippen LogP contribution in [0, 0.1) is 39.5 Å². The van der Waals surface area contributed by atoms with Gasteiger partial charge >= 0.3 is 0 Å². The summed E-state index contributed by atoms with van der Waals surface area (Å²) in [7, 11) is 4.77. The lowest BCUT2D eigenvalue weighted by Crippen LogP contribution is -2.20. The number of aryl methyl sites for hydroxylation is 4. The summed E-state index contributed by atoms with van der Waals surface area (Å²) in [6.07, 6.45) is 8.14. The maximum Gasteiger partial charge on any atom is 0.253 e. The lowest BCUT2D eigenvalue weighted by atomic mass is 10.0. The second kappa shape index (κ2) is 17.9. The number of hydrogen-bond acceptors (Lipinski definition) is 8. The van der Waals surface area contributed by atoms with Gasteiger partial charge in [-0.05, 0) is 101 Å². The molecule has 0 unspecified atom stereocenters. The molecule has 6 rings (SSSR count). The molecular weight excluding hydrogens is 700 g/mol. The van der Waals surface area contributed by atoms with Crippen LogP contribution in [0.3, 0.4) is 0 Å². The molecule has 12 heteroatoms. The number of hydrogen-bond donors (Lipinski definition) is 2. The van der Waals surface area contributed by atoms with Crippen molar-refractivity contribution in [2.75, 3.05) is 34.5 Å². The Balaban J connectivity index is 0.000000211. The summed E-state index contributed by atoms with van der Waals surface area (Å²) in [5, 5.41) is 2.69. The molecule has 55 heavy (non-hydrogen) atoms. The number of nitrogens with zero attached hydrogens (tertiary/aromatic N) is 2. The number of ether oxygens (including phenoxy) is 4. The standard InChI is InChI=1S/C22H26N2O4.C21H24N2O4/c1-14-9-18(25)10-15(2)24(14)12-19(22(26)23-3)17-7-8-20(27-4)21(11-17)28-13-16-5-6-16;1-13-8-17(24)9-14(2)23(13)11-18(21(22)25)16-6-7-19(26-3)20(10-16)27-12-15-4-5-15/h7-12,16H,5-6,13H2,1-4H3,(H,23,26);6-11,15H,4-5,12H2,1-3H3,(H2,22,25)/b19-12-;18-11-. The van der Waals surface area contributed by atoms with E-state index in [2.05, 4.69) is 5.32 Å². The van der Waals surface area contributed by atoms with Crippen LogP contribution < -0.4 is 40.9 Å². The molecule has 0 aliphatic heterocycles. The molecule has 2 fully saturated rings. The number of benzene rings is 2. The van der Waals surface area contributed by atoms with Crippen LogP contribution in [0.25, 0.3) is 23.5 Å². The summed E-state index contributed by atoms with van der Waals surface area (Å²) in [4.78, 5) is 48.1. The van der Waals surface area contributed by atoms with Crippen LogP contribution in [0.1, 0.15) is 59.6 Å². The molecular formula is C43H50N4O8. The van der Waals surface area contributed by atoms with Gasteiger partial charge in [0.1, 0.15) is 0 Å². The Bertz CT molecular complexity index is 2190. The van der Waals surface area contributed by atoms with Gasteiger partial charge in [-0.25, -0.2) is 0 Å². The number of carbonyl (C=O) groups is 2. The van der Waals surface area contributed by atoms with Crippen molar-refractivity contribution in [2.45, 2.75) is 53.4 Å². The van der Waals surface area contributed by atoms with Crippen LogP contribution in [-0.4, -0.2) is 55.4 Å². The number of likely N-dealkylation sites (N-methyl/N-ethyl adjacent to an activating group) is 1. The number of nitrogens with one attached hydrogen (secondary N) is 1. The van der Waals surface area contributed by atoms with Crippen molar-refractivity contribution in [2.24, 2.45) is 17.6 Å². The van der Waals surface area contributed by atoms with E-state index in [0.29, 0.717) is 70.3 Å². The fourth-order valence-electron chi connectivity index (χ4n) is 5.98. The molecule has 2 aliphatic carbocycles. The largest absolute Gasteiger partial charge is 0.493 e. The molecule has 2 saturated carbocycles. The van der Waals surface area contributed by atoms with Gasteiger partial charge < -0.3 is 39.1 Å². The molecule has 290 valence electrons. The van der Waals surface area contributed by atoms with Gasteiger partial charge in [0.25, 0.3) is 11.8 Å². The molecule has 2 aromatic carbocycles. The van der Waals surface area contributed by atoms with Gasteiger partial charge in [-0.15, -0.1) is 0 Å². The van der Waals surface area contributed by atoms with E-state index in [-0.39, 0.29) is 16.8 Å². The fraction of sp³-hybridized carbons (Fsp3) is 0.349. The summed E-state index contributed by atoms with van der Waals surface area (Å²) in [5.74, 6) is 2.86. The molecule has 2 aromatic heterocycles. The number of aromatic nitrogens is 2. The zero-order valence-electron chi connectivity index (χ0n) is 32.6. The topological polar surface area (TPSA) is 153 Å². The predicted molar refractivity (Wildman–Crippen MR) is 214 cm³/mol. The first kappa shape index (κ1) is 40.2. The van der Waals surface area contributed by atoms with Gasteiger partial charge in [0.05, 0.1) is 38.6 Å². The van der Waals surface area contributed by atoms with E-state index in [1.807, 2.05) is 44.4 Å². The van der Waals surface area contributed by atoms with E-state index >= 15 is 0 Å². The maximum atomic E-state index is 12.6. The van der Waals surface area contributed by atoms with Crippen molar-refractivity contribution in [1.29, 1.82) is 0 Å². The SMILES string of the molecule is CNC(=O)/C(=C\n1c(C)cc(=O)cc1C)c1ccc(OC)c(OCC2CC2)c1.COc1ccc(/C(=C/n2c(C)cc(=O)cc2C)C(N)=O)cc1OCC1CC1. The Morgan fingerprint density at radius 2 is 1.04 bits per heavy atom. The van der Waals surface area contributed by atoms with Crippen molar-refractivity contribution in [3.63, 3.8) is 0 Å². The highest BCUT2D eigenvalue weighted by molar-refractivity contribution is 6.23. The molecule has 0 atom stereocenters. The van der Waals surface area contributed by atoms with E-state index in [1.165, 1.54) is 37.8 Å². The van der Waals surface area contributed by atoms with Gasteiger partial charge in [0.15, 0.2) is 33.9 Å². The summed E-state index contributed by atoms with van der Waals surface area (Å²) in [6, 6.07) is 16.9. The summed E-state index contributed by atoms with van der Waals surface area (Å²) >= 11 is 0. The molecule has 2 aliphatic rings. The average molecular weight is 751 g/mol. The second-order valence-electron chi connectivity index (χ2n) is 14.0. The molecule has 4 aromatic rings. The minimum atomic E-state index is -0.564. The highest BCUT2D eigenvalue weighted by Gasteiger charge is 2.24. The zero-order valence-corrected chi connectivity index (χ0v) is 32.6. The maximum absolute atomic E-state index is 12.6. The number of carbonyl (C=O) groups excluding carboxylic acids is 2. The Hall–Kier alpha value is -6.04. The smallest absolute Gasteiger partial charge is 0.253 e.